The first-order valence-electron chi connectivity index (χ1n) is 4.63. The SMILES string of the molecule is Cc1ccc2c(c(C)cn2C)c1C. The summed E-state index contributed by atoms with van der Waals surface area (Å²) >= 11 is 0. The summed E-state index contributed by atoms with van der Waals surface area (Å²) in [5.74, 6) is 0. The topological polar surface area (TPSA) is 4.93 Å². The van der Waals surface area contributed by atoms with Crippen LogP contribution >= 0.6 is 0 Å². The molecule has 0 N–H and O–H groups in total. The highest BCUT2D eigenvalue weighted by Crippen LogP contribution is 2.25. The molecular formula is C12H15N. The van der Waals surface area contributed by atoms with Gasteiger partial charge in [0.1, 0.15) is 0 Å². The molecule has 1 aromatic carbocycles. The predicted molar refractivity (Wildman–Crippen MR) is 57.1 cm³/mol. The standard InChI is InChI=1S/C12H15N/c1-8-5-6-11-12(10(8)3)9(2)7-13(11)4/h5-7H,1-4H3. The third-order valence-electron chi connectivity index (χ3n) is 2.88. The number of benzene rings is 1. The van der Waals surface area contributed by atoms with Crippen LogP contribution in [0.3, 0.4) is 0 Å². The van der Waals surface area contributed by atoms with E-state index in [1.807, 2.05) is 0 Å². The van der Waals surface area contributed by atoms with Crippen molar-refractivity contribution in [1.82, 2.24) is 4.57 Å². The zero-order valence-electron chi connectivity index (χ0n) is 8.68. The number of rotatable bonds is 0. The van der Waals surface area contributed by atoms with Crippen molar-refractivity contribution in [3.05, 3.63) is 35.0 Å². The minimum Gasteiger partial charge on any atom is -0.350 e. The molecule has 0 unspecified atom stereocenters. The van der Waals surface area contributed by atoms with Crippen molar-refractivity contribution in [2.45, 2.75) is 20.8 Å². The van der Waals surface area contributed by atoms with Gasteiger partial charge in [-0.3, -0.25) is 0 Å². The van der Waals surface area contributed by atoms with Crippen molar-refractivity contribution in [2.24, 2.45) is 7.05 Å². The molecule has 0 spiro atoms. The summed E-state index contributed by atoms with van der Waals surface area (Å²) in [7, 11) is 2.10. The lowest BCUT2D eigenvalue weighted by Gasteiger charge is -2.03. The van der Waals surface area contributed by atoms with Gasteiger partial charge in [-0.15, -0.1) is 0 Å². The highest BCUT2D eigenvalue weighted by atomic mass is 14.9. The maximum atomic E-state index is 2.20. The smallest absolute Gasteiger partial charge is 0.0483 e. The summed E-state index contributed by atoms with van der Waals surface area (Å²) in [5, 5.41) is 1.42. The van der Waals surface area contributed by atoms with Gasteiger partial charge in [-0.2, -0.15) is 0 Å². The average Bonchev–Trinajstić information content (AvgIpc) is 2.35. The third kappa shape index (κ3) is 1.07. The first-order valence-corrected chi connectivity index (χ1v) is 4.63. The summed E-state index contributed by atoms with van der Waals surface area (Å²) in [6.45, 7) is 6.54. The van der Waals surface area contributed by atoms with E-state index in [4.69, 9.17) is 0 Å². The molecule has 0 saturated carbocycles. The van der Waals surface area contributed by atoms with Crippen LogP contribution in [-0.2, 0) is 7.05 Å². The Kier molecular flexibility index (Phi) is 1.69. The van der Waals surface area contributed by atoms with E-state index in [1.54, 1.807) is 0 Å². The molecule has 0 radical (unpaired) electrons. The number of hydrogen-bond donors (Lipinski definition) is 0. The minimum absolute atomic E-state index is 1.33. The lowest BCUT2D eigenvalue weighted by Crippen LogP contribution is -1.86. The molecule has 0 atom stereocenters. The molecule has 1 nitrogen and oxygen atoms in total. The Balaban J connectivity index is 2.98. The van der Waals surface area contributed by atoms with Crippen LogP contribution in [0.1, 0.15) is 16.7 Å². The minimum atomic E-state index is 1.33. The quantitative estimate of drug-likeness (QED) is 0.577. The lowest BCUT2D eigenvalue weighted by molar-refractivity contribution is 0.964. The molecule has 2 rings (SSSR count). The monoisotopic (exact) mass is 173 g/mol. The summed E-state index contributed by atoms with van der Waals surface area (Å²) in [6.07, 6.45) is 2.19. The molecular weight excluding hydrogens is 158 g/mol. The molecule has 1 heteroatoms. The first kappa shape index (κ1) is 8.36. The molecule has 1 aromatic heterocycles. The van der Waals surface area contributed by atoms with E-state index in [0.29, 0.717) is 0 Å². The number of aromatic nitrogens is 1. The fourth-order valence-corrected chi connectivity index (χ4v) is 2.02. The van der Waals surface area contributed by atoms with Crippen molar-refractivity contribution in [2.75, 3.05) is 0 Å². The molecule has 2 aromatic rings. The average molecular weight is 173 g/mol. The number of fused-ring (bicyclic) bond motifs is 1. The zero-order chi connectivity index (χ0) is 9.59. The second kappa shape index (κ2) is 2.63. The van der Waals surface area contributed by atoms with Crippen LogP contribution in [0.2, 0.25) is 0 Å². The Labute approximate surface area is 79.0 Å². The van der Waals surface area contributed by atoms with Gasteiger partial charge in [0.05, 0.1) is 0 Å². The van der Waals surface area contributed by atoms with Crippen LogP contribution in [0.25, 0.3) is 10.9 Å². The molecule has 0 saturated heterocycles. The third-order valence-corrected chi connectivity index (χ3v) is 2.88. The summed E-state index contributed by atoms with van der Waals surface area (Å²) in [5.41, 5.74) is 5.50. The Morgan fingerprint density at radius 1 is 1.00 bits per heavy atom. The molecule has 68 valence electrons. The summed E-state index contributed by atoms with van der Waals surface area (Å²) < 4.78 is 2.19. The van der Waals surface area contributed by atoms with Gasteiger partial charge in [0, 0.05) is 24.1 Å². The van der Waals surface area contributed by atoms with Gasteiger partial charge in [0.15, 0.2) is 0 Å². The van der Waals surface area contributed by atoms with Crippen molar-refractivity contribution >= 4 is 10.9 Å². The van der Waals surface area contributed by atoms with E-state index in [-0.39, 0.29) is 0 Å². The van der Waals surface area contributed by atoms with E-state index in [0.717, 1.165) is 0 Å². The predicted octanol–water partition coefficient (Wildman–Crippen LogP) is 3.10. The van der Waals surface area contributed by atoms with Crippen LogP contribution in [0.5, 0.6) is 0 Å². The van der Waals surface area contributed by atoms with E-state index in [2.05, 4.69) is 50.7 Å². The molecule has 0 bridgehead atoms. The van der Waals surface area contributed by atoms with Gasteiger partial charge in [-0.05, 0) is 43.5 Å². The Bertz CT molecular complexity index is 463. The summed E-state index contributed by atoms with van der Waals surface area (Å²) in [6, 6.07) is 4.39. The normalized spacial score (nSPS) is 11.1. The van der Waals surface area contributed by atoms with Crippen molar-refractivity contribution in [3.63, 3.8) is 0 Å². The first-order chi connectivity index (χ1) is 6.11. The van der Waals surface area contributed by atoms with Crippen LogP contribution in [0.4, 0.5) is 0 Å². The number of nitrogens with zero attached hydrogens (tertiary/aromatic N) is 1. The molecule has 0 amide bonds. The second-order valence-corrected chi connectivity index (χ2v) is 3.82. The highest BCUT2D eigenvalue weighted by Gasteiger charge is 2.06. The number of hydrogen-bond acceptors (Lipinski definition) is 0. The van der Waals surface area contributed by atoms with Crippen LogP contribution < -0.4 is 0 Å². The zero-order valence-corrected chi connectivity index (χ0v) is 8.68. The summed E-state index contributed by atoms with van der Waals surface area (Å²) in [4.78, 5) is 0. The van der Waals surface area contributed by atoms with Crippen molar-refractivity contribution in [3.8, 4) is 0 Å². The van der Waals surface area contributed by atoms with Crippen LogP contribution in [-0.4, -0.2) is 4.57 Å². The van der Waals surface area contributed by atoms with Gasteiger partial charge in [0.25, 0.3) is 0 Å². The van der Waals surface area contributed by atoms with Gasteiger partial charge < -0.3 is 4.57 Å². The lowest BCUT2D eigenvalue weighted by atomic mass is 10.0. The molecule has 1 heterocycles. The van der Waals surface area contributed by atoms with Gasteiger partial charge >= 0.3 is 0 Å². The van der Waals surface area contributed by atoms with E-state index < -0.39 is 0 Å². The largest absolute Gasteiger partial charge is 0.350 e. The van der Waals surface area contributed by atoms with Gasteiger partial charge in [-0.25, -0.2) is 0 Å². The Hall–Kier alpha value is -1.24. The number of aryl methyl sites for hydroxylation is 4. The second-order valence-electron chi connectivity index (χ2n) is 3.82. The van der Waals surface area contributed by atoms with Gasteiger partial charge in [-0.1, -0.05) is 6.07 Å². The molecule has 0 aliphatic heterocycles. The van der Waals surface area contributed by atoms with E-state index in [9.17, 15) is 0 Å². The maximum absolute atomic E-state index is 2.20. The van der Waals surface area contributed by atoms with E-state index >= 15 is 0 Å². The highest BCUT2D eigenvalue weighted by molar-refractivity contribution is 5.87. The van der Waals surface area contributed by atoms with Crippen molar-refractivity contribution < 1.29 is 0 Å². The van der Waals surface area contributed by atoms with Crippen LogP contribution in [0.15, 0.2) is 18.3 Å². The van der Waals surface area contributed by atoms with E-state index in [1.165, 1.54) is 27.6 Å². The fourth-order valence-electron chi connectivity index (χ4n) is 2.02. The molecule has 0 fully saturated rings. The van der Waals surface area contributed by atoms with Crippen LogP contribution in [0, 0.1) is 20.8 Å². The van der Waals surface area contributed by atoms with Gasteiger partial charge in [0.2, 0.25) is 0 Å². The molecule has 13 heavy (non-hydrogen) atoms. The molecule has 0 aliphatic rings. The maximum Gasteiger partial charge on any atom is 0.0483 e. The van der Waals surface area contributed by atoms with Crippen molar-refractivity contribution in [1.29, 1.82) is 0 Å². The molecule has 0 aliphatic carbocycles. The fraction of sp³-hybridized carbons (Fsp3) is 0.333. The Morgan fingerprint density at radius 3 is 2.38 bits per heavy atom. The Morgan fingerprint density at radius 2 is 1.69 bits per heavy atom.